The molecule has 0 spiro atoms. The first-order valence-corrected chi connectivity index (χ1v) is 8.92. The summed E-state index contributed by atoms with van der Waals surface area (Å²) in [5.41, 5.74) is -1.70. The Labute approximate surface area is 150 Å². The van der Waals surface area contributed by atoms with E-state index in [1.54, 1.807) is 0 Å². The summed E-state index contributed by atoms with van der Waals surface area (Å²) in [5, 5.41) is 3.00. The molecule has 3 rings (SSSR count). The molecule has 26 heavy (non-hydrogen) atoms. The van der Waals surface area contributed by atoms with Gasteiger partial charge >= 0.3 is 6.18 Å². The number of carbonyl (C=O) groups excluding carboxylic acids is 1. The molecular formula is C17H23F3N4O2. The van der Waals surface area contributed by atoms with Crippen molar-refractivity contribution in [3.8, 4) is 0 Å². The fourth-order valence-electron chi connectivity index (χ4n) is 3.51. The summed E-state index contributed by atoms with van der Waals surface area (Å²) >= 11 is 0. The van der Waals surface area contributed by atoms with Crippen molar-refractivity contribution in [1.82, 2.24) is 14.9 Å². The minimum atomic E-state index is -4.73. The lowest BCUT2D eigenvalue weighted by Crippen LogP contribution is -2.41. The SMILES string of the molecule is C[C@@H]1CCC[C@@H](Nc2ncc(C(=O)N3CCOCC3)c(C(F)(F)F)n2)C1. The number of aromatic nitrogens is 2. The van der Waals surface area contributed by atoms with E-state index in [1.165, 1.54) is 4.90 Å². The number of anilines is 1. The molecule has 1 saturated heterocycles. The molecule has 0 unspecified atom stereocenters. The molecule has 144 valence electrons. The number of carbonyl (C=O) groups is 1. The van der Waals surface area contributed by atoms with E-state index in [1.807, 2.05) is 0 Å². The Morgan fingerprint density at radius 2 is 2.04 bits per heavy atom. The maximum atomic E-state index is 13.5. The second kappa shape index (κ2) is 7.77. The van der Waals surface area contributed by atoms with Crippen LogP contribution in [0.1, 0.15) is 48.7 Å². The fourth-order valence-corrected chi connectivity index (χ4v) is 3.51. The first-order valence-electron chi connectivity index (χ1n) is 8.92. The van der Waals surface area contributed by atoms with Gasteiger partial charge in [-0.25, -0.2) is 9.97 Å². The van der Waals surface area contributed by atoms with Gasteiger partial charge in [-0.15, -0.1) is 0 Å². The summed E-state index contributed by atoms with van der Waals surface area (Å²) in [4.78, 5) is 21.5. The molecule has 2 heterocycles. The van der Waals surface area contributed by atoms with Gasteiger partial charge in [-0.3, -0.25) is 4.79 Å². The zero-order valence-corrected chi connectivity index (χ0v) is 14.7. The van der Waals surface area contributed by atoms with Gasteiger partial charge in [-0.1, -0.05) is 19.8 Å². The van der Waals surface area contributed by atoms with E-state index in [4.69, 9.17) is 4.74 Å². The number of amides is 1. The average molecular weight is 372 g/mol. The van der Waals surface area contributed by atoms with Crippen molar-refractivity contribution in [2.75, 3.05) is 31.6 Å². The van der Waals surface area contributed by atoms with Crippen LogP contribution < -0.4 is 5.32 Å². The highest BCUT2D eigenvalue weighted by atomic mass is 19.4. The quantitative estimate of drug-likeness (QED) is 0.884. The van der Waals surface area contributed by atoms with Gasteiger partial charge in [0.25, 0.3) is 5.91 Å². The van der Waals surface area contributed by atoms with Crippen LogP contribution in [0.5, 0.6) is 0 Å². The average Bonchev–Trinajstić information content (AvgIpc) is 2.61. The van der Waals surface area contributed by atoms with E-state index in [2.05, 4.69) is 22.2 Å². The molecule has 1 saturated carbocycles. The van der Waals surface area contributed by atoms with E-state index >= 15 is 0 Å². The Kier molecular flexibility index (Phi) is 5.64. The van der Waals surface area contributed by atoms with Crippen molar-refractivity contribution in [3.63, 3.8) is 0 Å². The zero-order valence-electron chi connectivity index (χ0n) is 14.7. The van der Waals surface area contributed by atoms with Gasteiger partial charge in [-0.05, 0) is 18.8 Å². The molecular weight excluding hydrogens is 349 g/mol. The minimum Gasteiger partial charge on any atom is -0.378 e. The summed E-state index contributed by atoms with van der Waals surface area (Å²) in [6.45, 7) is 3.27. The largest absolute Gasteiger partial charge is 0.434 e. The van der Waals surface area contributed by atoms with Crippen molar-refractivity contribution in [3.05, 3.63) is 17.5 Å². The molecule has 6 nitrogen and oxygen atoms in total. The standard InChI is InChI=1S/C17H23F3N4O2/c1-11-3-2-4-12(9-11)22-16-21-10-13(14(23-16)17(18,19)20)15(25)24-5-7-26-8-6-24/h10-12H,2-9H2,1H3,(H,21,22,23)/t11-,12-/m1/s1. The molecule has 2 fully saturated rings. The number of hydrogen-bond donors (Lipinski definition) is 1. The third kappa shape index (κ3) is 4.44. The zero-order chi connectivity index (χ0) is 18.7. The van der Waals surface area contributed by atoms with Crippen molar-refractivity contribution >= 4 is 11.9 Å². The van der Waals surface area contributed by atoms with E-state index in [-0.39, 0.29) is 25.1 Å². The Morgan fingerprint density at radius 1 is 1.31 bits per heavy atom. The lowest BCUT2D eigenvalue weighted by molar-refractivity contribution is -0.141. The van der Waals surface area contributed by atoms with Crippen molar-refractivity contribution in [2.24, 2.45) is 5.92 Å². The van der Waals surface area contributed by atoms with Crippen LogP contribution in [0.3, 0.4) is 0 Å². The smallest absolute Gasteiger partial charge is 0.378 e. The molecule has 9 heteroatoms. The number of nitrogens with one attached hydrogen (secondary N) is 1. The molecule has 1 aromatic rings. The van der Waals surface area contributed by atoms with Gasteiger partial charge in [0.2, 0.25) is 5.95 Å². The Balaban J connectivity index is 1.82. The molecule has 0 aromatic carbocycles. The molecule has 2 atom stereocenters. The molecule has 2 aliphatic rings. The van der Waals surface area contributed by atoms with Crippen LogP contribution in [0.15, 0.2) is 6.20 Å². The predicted octanol–water partition coefficient (Wildman–Crippen LogP) is 2.96. The molecule has 1 N–H and O–H groups in total. The normalized spacial score (nSPS) is 24.4. The van der Waals surface area contributed by atoms with Crippen molar-refractivity contribution in [1.29, 1.82) is 0 Å². The van der Waals surface area contributed by atoms with Gasteiger partial charge < -0.3 is 15.0 Å². The second-order valence-corrected chi connectivity index (χ2v) is 6.97. The summed E-state index contributed by atoms with van der Waals surface area (Å²) in [7, 11) is 0. The third-order valence-electron chi connectivity index (χ3n) is 4.86. The number of ether oxygens (including phenoxy) is 1. The number of alkyl halides is 3. The maximum absolute atomic E-state index is 13.5. The van der Waals surface area contributed by atoms with Crippen LogP contribution in [0.25, 0.3) is 0 Å². The number of hydrogen-bond acceptors (Lipinski definition) is 5. The van der Waals surface area contributed by atoms with Gasteiger partial charge in [0, 0.05) is 25.3 Å². The number of halogens is 3. The third-order valence-corrected chi connectivity index (χ3v) is 4.86. The van der Waals surface area contributed by atoms with Gasteiger partial charge in [0.15, 0.2) is 5.69 Å². The number of nitrogens with zero attached hydrogens (tertiary/aromatic N) is 3. The molecule has 1 amide bonds. The summed E-state index contributed by atoms with van der Waals surface area (Å²) in [6.07, 6.45) is 0.166. The van der Waals surface area contributed by atoms with E-state index < -0.39 is 23.3 Å². The van der Waals surface area contributed by atoms with E-state index in [0.717, 1.165) is 31.9 Å². The fraction of sp³-hybridized carbons (Fsp3) is 0.706. The topological polar surface area (TPSA) is 67.4 Å². The predicted molar refractivity (Wildman–Crippen MR) is 88.8 cm³/mol. The van der Waals surface area contributed by atoms with Crippen LogP contribution in [0.4, 0.5) is 19.1 Å². The molecule has 1 aliphatic carbocycles. The summed E-state index contributed by atoms with van der Waals surface area (Å²) < 4.78 is 45.6. The summed E-state index contributed by atoms with van der Waals surface area (Å²) in [5.74, 6) is -0.265. The molecule has 0 radical (unpaired) electrons. The maximum Gasteiger partial charge on any atom is 0.434 e. The van der Waals surface area contributed by atoms with Crippen LogP contribution in [0.2, 0.25) is 0 Å². The highest BCUT2D eigenvalue weighted by molar-refractivity contribution is 5.95. The monoisotopic (exact) mass is 372 g/mol. The van der Waals surface area contributed by atoms with Gasteiger partial charge in [0.1, 0.15) is 0 Å². The van der Waals surface area contributed by atoms with Gasteiger partial charge in [-0.2, -0.15) is 13.2 Å². The first-order chi connectivity index (χ1) is 12.3. The Morgan fingerprint density at radius 3 is 2.69 bits per heavy atom. The first kappa shape index (κ1) is 18.9. The van der Waals surface area contributed by atoms with Crippen LogP contribution in [-0.2, 0) is 10.9 Å². The van der Waals surface area contributed by atoms with Crippen molar-refractivity contribution < 1.29 is 22.7 Å². The number of rotatable bonds is 3. The highest BCUT2D eigenvalue weighted by Crippen LogP contribution is 2.32. The van der Waals surface area contributed by atoms with Crippen LogP contribution in [-0.4, -0.2) is 53.1 Å². The van der Waals surface area contributed by atoms with E-state index in [0.29, 0.717) is 19.1 Å². The van der Waals surface area contributed by atoms with Crippen molar-refractivity contribution in [2.45, 2.75) is 44.8 Å². The van der Waals surface area contributed by atoms with Crippen LogP contribution in [0, 0.1) is 5.92 Å². The Bertz CT molecular complexity index is 647. The summed E-state index contributed by atoms with van der Waals surface area (Å²) in [6, 6.07) is 0.0561. The van der Waals surface area contributed by atoms with Crippen LogP contribution >= 0.6 is 0 Å². The number of morpholine rings is 1. The lowest BCUT2D eigenvalue weighted by Gasteiger charge is -2.28. The lowest BCUT2D eigenvalue weighted by atomic mass is 9.87. The molecule has 0 bridgehead atoms. The Hall–Kier alpha value is -1.90. The second-order valence-electron chi connectivity index (χ2n) is 6.97. The van der Waals surface area contributed by atoms with E-state index in [9.17, 15) is 18.0 Å². The van der Waals surface area contributed by atoms with Gasteiger partial charge in [0.05, 0.1) is 18.8 Å². The minimum absolute atomic E-state index is 0.0561. The highest BCUT2D eigenvalue weighted by Gasteiger charge is 2.39. The molecule has 1 aliphatic heterocycles. The molecule has 1 aromatic heterocycles.